The van der Waals surface area contributed by atoms with E-state index in [0.29, 0.717) is 28.9 Å². The van der Waals surface area contributed by atoms with Crippen molar-refractivity contribution >= 4 is 33.3 Å². The second-order valence-electron chi connectivity index (χ2n) is 7.72. The highest BCUT2D eigenvalue weighted by atomic mass is 32.2. The molecule has 0 atom stereocenters. The van der Waals surface area contributed by atoms with Gasteiger partial charge < -0.3 is 14.8 Å². The van der Waals surface area contributed by atoms with Gasteiger partial charge in [0.2, 0.25) is 5.91 Å². The largest absolute Gasteiger partial charge is 0.379 e. The first-order valence-electron chi connectivity index (χ1n) is 10.4. The van der Waals surface area contributed by atoms with Crippen molar-refractivity contribution in [3.8, 4) is 5.75 Å². The van der Waals surface area contributed by atoms with Gasteiger partial charge >= 0.3 is 10.1 Å². The third kappa shape index (κ3) is 5.98. The number of anilines is 2. The topological polar surface area (TPSA) is 102 Å². The smallest absolute Gasteiger partial charge is 0.339 e. The second-order valence-corrected chi connectivity index (χ2v) is 9.23. The standard InChI is InChI=1S/C25H26N2O5S/c1-5-24(28)26-20-11-8-17(3)22(15-20)27-25(29)19-9-12-21(13-10-19)32-33(30,31)23-14-16(2)6-7-18(23)4/h6-15H,5H2,1-4H3,(H,26,28)(H,27,29). The van der Waals surface area contributed by atoms with Crippen molar-refractivity contribution in [2.45, 2.75) is 39.0 Å². The van der Waals surface area contributed by atoms with Crippen LogP contribution < -0.4 is 14.8 Å². The Hall–Kier alpha value is -3.65. The van der Waals surface area contributed by atoms with E-state index in [2.05, 4.69) is 10.6 Å². The van der Waals surface area contributed by atoms with Crippen LogP contribution in [0.4, 0.5) is 11.4 Å². The van der Waals surface area contributed by atoms with Crippen LogP contribution in [0, 0.1) is 20.8 Å². The van der Waals surface area contributed by atoms with Crippen LogP contribution in [0.15, 0.2) is 65.6 Å². The van der Waals surface area contributed by atoms with Gasteiger partial charge in [-0.1, -0.05) is 25.1 Å². The summed E-state index contributed by atoms with van der Waals surface area (Å²) in [6, 6.07) is 16.2. The van der Waals surface area contributed by atoms with Gasteiger partial charge in [-0.3, -0.25) is 9.59 Å². The molecule has 172 valence electrons. The van der Waals surface area contributed by atoms with Crippen LogP contribution in [0.3, 0.4) is 0 Å². The van der Waals surface area contributed by atoms with E-state index in [1.54, 1.807) is 51.1 Å². The summed E-state index contributed by atoms with van der Waals surface area (Å²) < 4.78 is 30.6. The molecule has 3 rings (SSSR count). The average Bonchev–Trinajstić information content (AvgIpc) is 2.77. The fraction of sp³-hybridized carbons (Fsp3) is 0.200. The molecular weight excluding hydrogens is 440 g/mol. The van der Waals surface area contributed by atoms with E-state index in [0.717, 1.165) is 11.1 Å². The fourth-order valence-corrected chi connectivity index (χ4v) is 4.34. The molecule has 0 saturated carbocycles. The van der Waals surface area contributed by atoms with Crippen LogP contribution in [-0.4, -0.2) is 20.2 Å². The Bertz CT molecular complexity index is 1300. The lowest BCUT2D eigenvalue weighted by Gasteiger charge is -2.12. The van der Waals surface area contributed by atoms with Crippen molar-refractivity contribution in [1.29, 1.82) is 0 Å². The molecule has 2 N–H and O–H groups in total. The lowest BCUT2D eigenvalue weighted by atomic mass is 10.1. The van der Waals surface area contributed by atoms with E-state index in [9.17, 15) is 18.0 Å². The molecule has 0 radical (unpaired) electrons. The van der Waals surface area contributed by atoms with Crippen LogP contribution in [-0.2, 0) is 14.9 Å². The van der Waals surface area contributed by atoms with Gasteiger partial charge in [0.25, 0.3) is 5.91 Å². The first-order chi connectivity index (χ1) is 15.6. The molecule has 0 aromatic heterocycles. The molecule has 3 aromatic carbocycles. The van der Waals surface area contributed by atoms with Gasteiger partial charge in [0, 0.05) is 23.4 Å². The zero-order chi connectivity index (χ0) is 24.2. The average molecular weight is 467 g/mol. The Balaban J connectivity index is 1.74. The van der Waals surface area contributed by atoms with Gasteiger partial charge in [0.05, 0.1) is 0 Å². The van der Waals surface area contributed by atoms with E-state index in [1.807, 2.05) is 13.0 Å². The summed E-state index contributed by atoms with van der Waals surface area (Å²) in [7, 11) is -4.01. The van der Waals surface area contributed by atoms with Crippen molar-refractivity contribution < 1.29 is 22.2 Å². The number of carbonyl (C=O) groups is 2. The molecule has 0 aliphatic heterocycles. The minimum Gasteiger partial charge on any atom is -0.379 e. The predicted octanol–water partition coefficient (Wildman–Crippen LogP) is 4.98. The highest BCUT2D eigenvalue weighted by molar-refractivity contribution is 7.87. The number of hydrogen-bond donors (Lipinski definition) is 2. The van der Waals surface area contributed by atoms with Gasteiger partial charge in [-0.05, 0) is 79.9 Å². The van der Waals surface area contributed by atoms with Crippen LogP contribution >= 0.6 is 0 Å². The van der Waals surface area contributed by atoms with Gasteiger partial charge in [-0.2, -0.15) is 8.42 Å². The molecule has 0 spiro atoms. The quantitative estimate of drug-likeness (QED) is 0.478. The summed E-state index contributed by atoms with van der Waals surface area (Å²) in [5.74, 6) is -0.392. The van der Waals surface area contributed by atoms with E-state index in [1.165, 1.54) is 24.3 Å². The van der Waals surface area contributed by atoms with Crippen LogP contribution in [0.2, 0.25) is 0 Å². The zero-order valence-electron chi connectivity index (χ0n) is 18.9. The maximum atomic E-state index is 12.7. The normalized spacial score (nSPS) is 11.0. The lowest BCUT2D eigenvalue weighted by Crippen LogP contribution is -2.14. The van der Waals surface area contributed by atoms with Gasteiger partial charge in [-0.25, -0.2) is 0 Å². The summed E-state index contributed by atoms with van der Waals surface area (Å²) in [6.45, 7) is 7.11. The van der Waals surface area contributed by atoms with Crippen LogP contribution in [0.25, 0.3) is 0 Å². The maximum absolute atomic E-state index is 12.7. The molecule has 0 heterocycles. The molecule has 2 amide bonds. The Labute approximate surface area is 193 Å². The number of nitrogens with one attached hydrogen (secondary N) is 2. The van der Waals surface area contributed by atoms with Crippen LogP contribution in [0.1, 0.15) is 40.4 Å². The zero-order valence-corrected chi connectivity index (χ0v) is 19.7. The van der Waals surface area contributed by atoms with Crippen molar-refractivity contribution in [1.82, 2.24) is 0 Å². The number of hydrogen-bond acceptors (Lipinski definition) is 5. The van der Waals surface area contributed by atoms with Crippen LogP contribution in [0.5, 0.6) is 5.75 Å². The molecule has 3 aromatic rings. The molecule has 33 heavy (non-hydrogen) atoms. The number of aryl methyl sites for hydroxylation is 3. The summed E-state index contributed by atoms with van der Waals surface area (Å²) in [5, 5.41) is 5.57. The second kappa shape index (κ2) is 9.87. The third-order valence-electron chi connectivity index (χ3n) is 5.03. The number of rotatable bonds is 7. The minimum absolute atomic E-state index is 0.105. The lowest BCUT2D eigenvalue weighted by molar-refractivity contribution is -0.115. The summed E-state index contributed by atoms with van der Waals surface area (Å²) in [4.78, 5) is 24.4. The molecule has 0 aliphatic rings. The first-order valence-corrected chi connectivity index (χ1v) is 11.8. The molecule has 8 heteroatoms. The number of amides is 2. The highest BCUT2D eigenvalue weighted by Gasteiger charge is 2.20. The Kier molecular flexibility index (Phi) is 7.18. The first kappa shape index (κ1) is 24.0. The number of carbonyl (C=O) groups excluding carboxylic acids is 2. The minimum atomic E-state index is -4.01. The van der Waals surface area contributed by atoms with Gasteiger partial charge in [0.1, 0.15) is 10.6 Å². The Morgan fingerprint density at radius 3 is 2.18 bits per heavy atom. The maximum Gasteiger partial charge on any atom is 0.339 e. The monoisotopic (exact) mass is 466 g/mol. The van der Waals surface area contributed by atoms with Gasteiger partial charge in [0.15, 0.2) is 0 Å². The molecule has 0 saturated heterocycles. The molecular formula is C25H26N2O5S. The third-order valence-corrected chi connectivity index (χ3v) is 6.42. The predicted molar refractivity (Wildman–Crippen MR) is 128 cm³/mol. The fourth-order valence-electron chi connectivity index (χ4n) is 3.09. The Morgan fingerprint density at radius 2 is 1.52 bits per heavy atom. The van der Waals surface area contributed by atoms with Gasteiger partial charge in [-0.15, -0.1) is 0 Å². The van der Waals surface area contributed by atoms with E-state index < -0.39 is 10.1 Å². The van der Waals surface area contributed by atoms with Crippen molar-refractivity contribution in [2.75, 3.05) is 10.6 Å². The van der Waals surface area contributed by atoms with Crippen molar-refractivity contribution in [2.24, 2.45) is 0 Å². The Morgan fingerprint density at radius 1 is 0.848 bits per heavy atom. The number of benzene rings is 3. The summed E-state index contributed by atoms with van der Waals surface area (Å²) >= 11 is 0. The van der Waals surface area contributed by atoms with E-state index in [-0.39, 0.29) is 22.5 Å². The molecule has 7 nitrogen and oxygen atoms in total. The SMILES string of the molecule is CCC(=O)Nc1ccc(C)c(NC(=O)c2ccc(OS(=O)(=O)c3cc(C)ccc3C)cc2)c1. The summed E-state index contributed by atoms with van der Waals surface area (Å²) in [5.41, 5.74) is 3.70. The van der Waals surface area contributed by atoms with Crippen molar-refractivity contribution in [3.05, 3.63) is 82.9 Å². The highest BCUT2D eigenvalue weighted by Crippen LogP contribution is 2.24. The molecule has 0 unspecified atom stereocenters. The molecule has 0 bridgehead atoms. The molecule has 0 aliphatic carbocycles. The summed E-state index contributed by atoms with van der Waals surface area (Å²) in [6.07, 6.45) is 0.350. The van der Waals surface area contributed by atoms with Crippen molar-refractivity contribution in [3.63, 3.8) is 0 Å². The van der Waals surface area contributed by atoms with E-state index >= 15 is 0 Å². The van der Waals surface area contributed by atoms with E-state index in [4.69, 9.17) is 4.18 Å². The molecule has 0 fully saturated rings.